The molecule has 0 saturated carbocycles. The van der Waals surface area contributed by atoms with Gasteiger partial charge in [0.2, 0.25) is 11.8 Å². The highest BCUT2D eigenvalue weighted by Crippen LogP contribution is 2.53. The Morgan fingerprint density at radius 3 is 1.11 bits per heavy atom. The molecule has 1 aliphatic rings. The molecule has 0 radical (unpaired) electrons. The van der Waals surface area contributed by atoms with Crippen molar-refractivity contribution in [3.63, 3.8) is 0 Å². The summed E-state index contributed by atoms with van der Waals surface area (Å²) in [5, 5.41) is 4.36. The minimum Gasteiger partial charge on any atom is -0.456 e. The number of aromatic nitrogens is 2. The van der Waals surface area contributed by atoms with Crippen LogP contribution in [-0.4, -0.2) is 9.97 Å². The van der Waals surface area contributed by atoms with Gasteiger partial charge in [0.15, 0.2) is 11.2 Å². The van der Waals surface area contributed by atoms with Gasteiger partial charge in [-0.15, -0.1) is 0 Å². The molecule has 346 valence electrons. The van der Waals surface area contributed by atoms with Crippen LogP contribution in [0.4, 0.5) is 34.1 Å². The summed E-state index contributed by atoms with van der Waals surface area (Å²) in [6, 6.07) is 75.9. The van der Waals surface area contributed by atoms with Crippen molar-refractivity contribution in [1.29, 1.82) is 0 Å². The topological polar surface area (TPSA) is 84.8 Å². The summed E-state index contributed by atoms with van der Waals surface area (Å²) in [6.45, 7) is 4.68. The predicted molar refractivity (Wildman–Crippen MR) is 294 cm³/mol. The summed E-state index contributed by atoms with van der Waals surface area (Å²) in [6.07, 6.45) is 0. The Bertz CT molecular complexity index is 4150. The maximum absolute atomic E-state index is 6.47. The van der Waals surface area contributed by atoms with E-state index in [9.17, 15) is 0 Å². The molecule has 0 atom stereocenters. The van der Waals surface area contributed by atoms with Crippen LogP contribution in [0.5, 0.6) is 0 Å². The number of furan rings is 2. The summed E-state index contributed by atoms with van der Waals surface area (Å²) in [5.41, 5.74) is 19.0. The first-order valence-corrected chi connectivity index (χ1v) is 24.5. The van der Waals surface area contributed by atoms with Crippen molar-refractivity contribution in [2.24, 2.45) is 0 Å². The first-order valence-electron chi connectivity index (χ1n) is 24.5. The van der Waals surface area contributed by atoms with Crippen molar-refractivity contribution in [1.82, 2.24) is 9.97 Å². The molecule has 15 rings (SSSR count). The van der Waals surface area contributed by atoms with Gasteiger partial charge < -0.3 is 27.5 Å². The second-order valence-electron chi connectivity index (χ2n) is 19.4. The van der Waals surface area contributed by atoms with Gasteiger partial charge in [0, 0.05) is 84.3 Å². The Labute approximate surface area is 418 Å². The van der Waals surface area contributed by atoms with Crippen molar-refractivity contribution in [3.05, 3.63) is 230 Å². The number of nitrogens with zero attached hydrogens (tertiary/aromatic N) is 4. The summed E-state index contributed by atoms with van der Waals surface area (Å²) in [7, 11) is 0. The van der Waals surface area contributed by atoms with Gasteiger partial charge >= 0.3 is 0 Å². The lowest BCUT2D eigenvalue weighted by atomic mass is 9.82. The van der Waals surface area contributed by atoms with Crippen molar-refractivity contribution in [2.75, 3.05) is 9.80 Å². The smallest absolute Gasteiger partial charge is 0.227 e. The quantitative estimate of drug-likeness (QED) is 0.149. The fraction of sp³-hybridized carbons (Fsp3) is 0.0462. The van der Waals surface area contributed by atoms with Gasteiger partial charge in [-0.05, 0) is 156 Å². The molecule has 0 saturated heterocycles. The maximum atomic E-state index is 6.47. The number of hydrogen-bond donors (Lipinski definition) is 0. The Morgan fingerprint density at radius 1 is 0.315 bits per heavy atom. The molecule has 4 heterocycles. The van der Waals surface area contributed by atoms with Crippen LogP contribution in [-0.2, 0) is 5.41 Å². The van der Waals surface area contributed by atoms with Crippen LogP contribution in [0.3, 0.4) is 0 Å². The molecule has 8 heteroatoms. The minimum absolute atomic E-state index is 0.368. The summed E-state index contributed by atoms with van der Waals surface area (Å²) in [4.78, 5) is 14.2. The van der Waals surface area contributed by atoms with Gasteiger partial charge in [-0.3, -0.25) is 0 Å². The number of oxazole rings is 2. The Kier molecular flexibility index (Phi) is 8.83. The number of rotatable bonds is 8. The zero-order chi connectivity index (χ0) is 48.4. The SMILES string of the molecule is CC1(C)c2cc(N(c3ccc(-c4nc5ccccc5o4)cc3)c3ccc4c(c3)oc3ccccc34)ccc2-c2ccc(N(c3ccc(-c4nc5ccccc5o4)cc3)c3ccc4c(c3)oc3ccccc34)cc21. The minimum atomic E-state index is -0.368. The summed E-state index contributed by atoms with van der Waals surface area (Å²) >= 11 is 0. The maximum Gasteiger partial charge on any atom is 0.227 e. The third kappa shape index (κ3) is 6.54. The molecule has 14 aromatic rings. The number of hydrogen-bond acceptors (Lipinski definition) is 8. The monoisotopic (exact) mass is 942 g/mol. The molecule has 0 N–H and O–H groups in total. The van der Waals surface area contributed by atoms with E-state index in [1.807, 2.05) is 72.8 Å². The van der Waals surface area contributed by atoms with Gasteiger partial charge in [-0.25, -0.2) is 9.97 Å². The van der Waals surface area contributed by atoms with Gasteiger partial charge in [-0.1, -0.05) is 86.6 Å². The van der Waals surface area contributed by atoms with Gasteiger partial charge in [0.05, 0.1) is 0 Å². The molecule has 4 aromatic heterocycles. The third-order valence-corrected chi connectivity index (χ3v) is 14.7. The highest BCUT2D eigenvalue weighted by Gasteiger charge is 2.37. The first kappa shape index (κ1) is 41.2. The molecule has 0 spiro atoms. The van der Waals surface area contributed by atoms with Crippen LogP contribution >= 0.6 is 0 Å². The lowest BCUT2D eigenvalue weighted by molar-refractivity contribution is 0.619. The molecule has 1 aliphatic carbocycles. The fourth-order valence-electron chi connectivity index (χ4n) is 11.1. The van der Waals surface area contributed by atoms with Crippen LogP contribution in [0.15, 0.2) is 236 Å². The molecule has 0 aliphatic heterocycles. The zero-order valence-corrected chi connectivity index (χ0v) is 39.7. The zero-order valence-electron chi connectivity index (χ0n) is 39.7. The molecule has 8 nitrogen and oxygen atoms in total. The summed E-state index contributed by atoms with van der Waals surface area (Å²) in [5.74, 6) is 1.18. The van der Waals surface area contributed by atoms with Crippen LogP contribution in [0, 0.1) is 0 Å². The molecule has 0 unspecified atom stereocenters. The van der Waals surface area contributed by atoms with Crippen LogP contribution < -0.4 is 9.80 Å². The predicted octanol–water partition coefficient (Wildman–Crippen LogP) is 18.3. The van der Waals surface area contributed by atoms with E-state index in [0.29, 0.717) is 11.8 Å². The van der Waals surface area contributed by atoms with Crippen LogP contribution in [0.25, 0.3) is 100 Å². The molecule has 10 aromatic carbocycles. The molecular formula is C65H42N4O4. The van der Waals surface area contributed by atoms with E-state index < -0.39 is 0 Å². The van der Waals surface area contributed by atoms with Crippen molar-refractivity contribution in [3.8, 4) is 34.0 Å². The van der Waals surface area contributed by atoms with Gasteiger partial charge in [-0.2, -0.15) is 0 Å². The van der Waals surface area contributed by atoms with Crippen molar-refractivity contribution >= 4 is 100 Å². The molecule has 0 amide bonds. The average Bonchev–Trinajstić information content (AvgIpc) is 4.27. The van der Waals surface area contributed by atoms with E-state index in [4.69, 9.17) is 27.6 Å². The second-order valence-corrected chi connectivity index (χ2v) is 19.4. The van der Waals surface area contributed by atoms with E-state index in [1.165, 1.54) is 22.3 Å². The average molecular weight is 943 g/mol. The molecule has 0 bridgehead atoms. The highest BCUT2D eigenvalue weighted by molar-refractivity contribution is 6.07. The Hall–Kier alpha value is -9.66. The van der Waals surface area contributed by atoms with Crippen LogP contribution in [0.1, 0.15) is 25.0 Å². The molecular weight excluding hydrogens is 901 g/mol. The summed E-state index contributed by atoms with van der Waals surface area (Å²) < 4.78 is 25.3. The van der Waals surface area contributed by atoms with E-state index in [0.717, 1.165) is 111 Å². The lowest BCUT2D eigenvalue weighted by Crippen LogP contribution is -2.17. The van der Waals surface area contributed by atoms with Crippen molar-refractivity contribution < 1.29 is 17.7 Å². The fourth-order valence-corrected chi connectivity index (χ4v) is 11.1. The van der Waals surface area contributed by atoms with E-state index in [-0.39, 0.29) is 5.41 Å². The third-order valence-electron chi connectivity index (χ3n) is 14.7. The second kappa shape index (κ2) is 15.7. The largest absolute Gasteiger partial charge is 0.456 e. The number of anilines is 6. The van der Waals surface area contributed by atoms with Crippen LogP contribution in [0.2, 0.25) is 0 Å². The Balaban J connectivity index is 0.835. The molecule has 0 fully saturated rings. The highest BCUT2D eigenvalue weighted by atomic mass is 16.4. The Morgan fingerprint density at radius 2 is 0.671 bits per heavy atom. The van der Waals surface area contributed by atoms with Gasteiger partial charge in [0.25, 0.3) is 0 Å². The first-order chi connectivity index (χ1) is 35.9. The standard InChI is InChI=1S/C65H42N4O4/c1-65(2)53-35-43(68(45-29-33-51-49-11-3-7-15-57(49)70-61(51)37-45)41-23-19-39(20-24-41)63-66-55-13-5-9-17-59(55)72-63)27-31-47(53)48-32-28-44(36-54(48)65)69(46-30-34-52-50-12-4-8-16-58(50)71-62(52)38-46)42-25-21-40(22-26-42)64-67-56-14-6-10-18-60(56)73-64/h3-38H,1-2H3. The number of fused-ring (bicyclic) bond motifs is 11. The number of para-hydroxylation sites is 6. The van der Waals surface area contributed by atoms with Crippen molar-refractivity contribution in [2.45, 2.75) is 19.3 Å². The van der Waals surface area contributed by atoms with E-state index >= 15 is 0 Å². The number of benzene rings is 10. The van der Waals surface area contributed by atoms with Gasteiger partial charge in [0.1, 0.15) is 33.4 Å². The normalized spacial score (nSPS) is 12.9. The van der Waals surface area contributed by atoms with E-state index in [2.05, 4.69) is 169 Å². The molecule has 73 heavy (non-hydrogen) atoms. The lowest BCUT2D eigenvalue weighted by Gasteiger charge is -2.29. The van der Waals surface area contributed by atoms with E-state index in [1.54, 1.807) is 0 Å².